The van der Waals surface area contributed by atoms with E-state index in [9.17, 15) is 0 Å². The number of benzene rings is 1. The lowest BCUT2D eigenvalue weighted by atomic mass is 10.1. The summed E-state index contributed by atoms with van der Waals surface area (Å²) < 4.78 is 7.34. The van der Waals surface area contributed by atoms with Crippen LogP contribution in [0.5, 0.6) is 0 Å². The highest BCUT2D eigenvalue weighted by atomic mass is 16.5. The van der Waals surface area contributed by atoms with Crippen LogP contribution in [0.2, 0.25) is 0 Å². The zero-order valence-electron chi connectivity index (χ0n) is 11.3. The number of hydrogen-bond donors (Lipinski definition) is 1. The van der Waals surface area contributed by atoms with Gasteiger partial charge >= 0.3 is 0 Å². The predicted molar refractivity (Wildman–Crippen MR) is 73.0 cm³/mol. The van der Waals surface area contributed by atoms with E-state index in [0.717, 1.165) is 24.4 Å². The molecule has 0 saturated carbocycles. The number of nitrogens with zero attached hydrogens (tertiary/aromatic N) is 3. The maximum absolute atomic E-state index is 5.43. The third kappa shape index (κ3) is 2.46. The first-order chi connectivity index (χ1) is 9.26. The van der Waals surface area contributed by atoms with Crippen LogP contribution in [0.15, 0.2) is 24.5 Å². The lowest BCUT2D eigenvalue weighted by molar-refractivity contribution is 0.112. The van der Waals surface area contributed by atoms with Gasteiger partial charge in [-0.3, -0.25) is 0 Å². The number of hydrogen-bond acceptors (Lipinski definition) is 4. The average Bonchev–Trinajstić information content (AvgIpc) is 3.01. The zero-order chi connectivity index (χ0) is 13.2. The molecule has 1 aromatic carbocycles. The van der Waals surface area contributed by atoms with Crippen molar-refractivity contribution in [1.29, 1.82) is 0 Å². The smallest absolute Gasteiger partial charge is 0.151 e. The van der Waals surface area contributed by atoms with Crippen LogP contribution >= 0.6 is 0 Å². The highest BCUT2D eigenvalue weighted by Crippen LogP contribution is 2.26. The molecule has 0 spiro atoms. The molecule has 0 radical (unpaired) electrons. The van der Waals surface area contributed by atoms with Crippen LogP contribution in [0.3, 0.4) is 0 Å². The molecule has 1 aromatic heterocycles. The minimum atomic E-state index is 0.337. The van der Waals surface area contributed by atoms with Gasteiger partial charge < -0.3 is 14.6 Å². The van der Waals surface area contributed by atoms with Gasteiger partial charge in [0.1, 0.15) is 6.33 Å². The second-order valence-corrected chi connectivity index (χ2v) is 4.96. The van der Waals surface area contributed by atoms with Gasteiger partial charge in [-0.25, -0.2) is 0 Å². The van der Waals surface area contributed by atoms with Crippen LogP contribution in [-0.4, -0.2) is 28.0 Å². The van der Waals surface area contributed by atoms with Crippen LogP contribution in [0.25, 0.3) is 0 Å². The highest BCUT2D eigenvalue weighted by Gasteiger charge is 2.20. The van der Waals surface area contributed by atoms with Crippen molar-refractivity contribution in [2.24, 2.45) is 7.05 Å². The molecule has 1 N–H and O–H groups in total. The lowest BCUT2D eigenvalue weighted by Gasteiger charge is -2.07. The van der Waals surface area contributed by atoms with E-state index in [1.807, 2.05) is 11.6 Å². The fourth-order valence-electron chi connectivity index (χ4n) is 2.50. The molecular weight excluding hydrogens is 240 g/mol. The van der Waals surface area contributed by atoms with Gasteiger partial charge in [0.25, 0.3) is 0 Å². The Hall–Kier alpha value is -1.88. The molecule has 1 heterocycles. The summed E-state index contributed by atoms with van der Waals surface area (Å²) in [7, 11) is 3.73. The van der Waals surface area contributed by atoms with E-state index in [1.54, 1.807) is 13.4 Å². The van der Waals surface area contributed by atoms with Crippen LogP contribution < -0.4 is 5.32 Å². The van der Waals surface area contributed by atoms with Gasteiger partial charge in [-0.2, -0.15) is 0 Å². The first-order valence-corrected chi connectivity index (χ1v) is 6.47. The summed E-state index contributed by atoms with van der Waals surface area (Å²) in [6, 6.07) is 6.52. The monoisotopic (exact) mass is 258 g/mol. The number of methoxy groups -OCH3 is 1. The summed E-state index contributed by atoms with van der Waals surface area (Å²) in [4.78, 5) is 0. The van der Waals surface area contributed by atoms with Gasteiger partial charge in [-0.15, -0.1) is 10.2 Å². The summed E-state index contributed by atoms with van der Waals surface area (Å²) in [5, 5.41) is 11.3. The van der Waals surface area contributed by atoms with E-state index < -0.39 is 0 Å². The SMILES string of the molecule is COC1Cc2ccc(NCc3nncn3C)cc2C1. The Morgan fingerprint density at radius 3 is 2.95 bits per heavy atom. The van der Waals surface area contributed by atoms with Crippen LogP contribution in [0.1, 0.15) is 17.0 Å². The zero-order valence-corrected chi connectivity index (χ0v) is 11.3. The molecule has 0 bridgehead atoms. The van der Waals surface area contributed by atoms with Crippen LogP contribution in [0.4, 0.5) is 5.69 Å². The Kier molecular flexibility index (Phi) is 3.21. The molecule has 1 aliphatic rings. The summed E-state index contributed by atoms with van der Waals surface area (Å²) in [6.07, 6.45) is 4.08. The largest absolute Gasteiger partial charge is 0.381 e. The maximum atomic E-state index is 5.43. The molecular formula is C14H18N4O. The molecule has 2 aromatic rings. The summed E-state index contributed by atoms with van der Waals surface area (Å²) in [5.41, 5.74) is 3.91. The number of aromatic nitrogens is 3. The second kappa shape index (κ2) is 5.01. The minimum Gasteiger partial charge on any atom is -0.381 e. The van der Waals surface area contributed by atoms with E-state index in [-0.39, 0.29) is 0 Å². The fraction of sp³-hybridized carbons (Fsp3) is 0.429. The second-order valence-electron chi connectivity index (χ2n) is 4.96. The van der Waals surface area contributed by atoms with E-state index in [2.05, 4.69) is 33.7 Å². The Bertz CT molecular complexity index is 579. The Morgan fingerprint density at radius 1 is 1.37 bits per heavy atom. The van der Waals surface area contributed by atoms with E-state index in [0.29, 0.717) is 12.6 Å². The first-order valence-electron chi connectivity index (χ1n) is 6.47. The molecule has 19 heavy (non-hydrogen) atoms. The van der Waals surface area contributed by atoms with Crippen molar-refractivity contribution < 1.29 is 4.74 Å². The van der Waals surface area contributed by atoms with E-state index >= 15 is 0 Å². The molecule has 0 saturated heterocycles. The lowest BCUT2D eigenvalue weighted by Crippen LogP contribution is -2.08. The van der Waals surface area contributed by atoms with E-state index in [1.165, 1.54) is 11.1 Å². The molecule has 3 rings (SSSR count). The molecule has 0 amide bonds. The van der Waals surface area contributed by atoms with Crippen LogP contribution in [-0.2, 0) is 31.2 Å². The average molecular weight is 258 g/mol. The number of nitrogens with one attached hydrogen (secondary N) is 1. The number of anilines is 1. The third-order valence-corrected chi connectivity index (χ3v) is 3.69. The number of fused-ring (bicyclic) bond motifs is 1. The summed E-state index contributed by atoms with van der Waals surface area (Å²) in [5.74, 6) is 0.926. The molecule has 5 nitrogen and oxygen atoms in total. The Balaban J connectivity index is 1.69. The molecule has 1 atom stereocenters. The van der Waals surface area contributed by atoms with Gasteiger partial charge in [0.2, 0.25) is 0 Å². The van der Waals surface area contributed by atoms with Crippen molar-refractivity contribution in [2.45, 2.75) is 25.5 Å². The van der Waals surface area contributed by atoms with Gasteiger partial charge in [-0.1, -0.05) is 6.07 Å². The molecule has 5 heteroatoms. The summed E-state index contributed by atoms with van der Waals surface area (Å²) >= 11 is 0. The van der Waals surface area contributed by atoms with Crippen molar-refractivity contribution in [3.8, 4) is 0 Å². The van der Waals surface area contributed by atoms with Gasteiger partial charge in [0.05, 0.1) is 12.6 Å². The van der Waals surface area contributed by atoms with Crippen molar-refractivity contribution in [3.05, 3.63) is 41.5 Å². The minimum absolute atomic E-state index is 0.337. The maximum Gasteiger partial charge on any atom is 0.151 e. The topological polar surface area (TPSA) is 52.0 Å². The number of ether oxygens (including phenoxy) is 1. The quantitative estimate of drug-likeness (QED) is 0.904. The molecule has 1 aliphatic carbocycles. The van der Waals surface area contributed by atoms with Gasteiger partial charge in [0, 0.05) is 19.8 Å². The number of rotatable bonds is 4. The van der Waals surface area contributed by atoms with E-state index in [4.69, 9.17) is 4.74 Å². The standard InChI is InChI=1S/C14H18N4O/c1-18-9-16-17-14(18)8-15-12-4-3-10-6-13(19-2)7-11(10)5-12/h3-5,9,13,15H,6-8H2,1-2H3. The Morgan fingerprint density at radius 2 is 2.21 bits per heavy atom. The third-order valence-electron chi connectivity index (χ3n) is 3.69. The molecule has 1 unspecified atom stereocenters. The van der Waals surface area contributed by atoms with Crippen molar-refractivity contribution >= 4 is 5.69 Å². The van der Waals surface area contributed by atoms with Crippen molar-refractivity contribution in [3.63, 3.8) is 0 Å². The molecule has 100 valence electrons. The summed E-state index contributed by atoms with van der Waals surface area (Å²) in [6.45, 7) is 0.684. The molecule has 0 fully saturated rings. The fourth-order valence-corrected chi connectivity index (χ4v) is 2.50. The predicted octanol–water partition coefficient (Wildman–Crippen LogP) is 1.54. The Labute approximate surface area is 112 Å². The van der Waals surface area contributed by atoms with Gasteiger partial charge in [-0.05, 0) is 36.1 Å². The van der Waals surface area contributed by atoms with Gasteiger partial charge in [0.15, 0.2) is 5.82 Å². The molecule has 0 aliphatic heterocycles. The van der Waals surface area contributed by atoms with Crippen molar-refractivity contribution in [2.75, 3.05) is 12.4 Å². The van der Waals surface area contributed by atoms with Crippen molar-refractivity contribution in [1.82, 2.24) is 14.8 Å². The number of aryl methyl sites for hydroxylation is 1. The normalized spacial score (nSPS) is 17.5. The highest BCUT2D eigenvalue weighted by molar-refractivity contribution is 5.50. The first kappa shape index (κ1) is 12.2. The van der Waals surface area contributed by atoms with Crippen LogP contribution in [0, 0.1) is 0 Å².